The van der Waals surface area contributed by atoms with Gasteiger partial charge in [0.25, 0.3) is 0 Å². The first-order valence-corrected chi connectivity index (χ1v) is 8.56. The van der Waals surface area contributed by atoms with Crippen molar-refractivity contribution in [1.82, 2.24) is 4.90 Å². The maximum Gasteiger partial charge on any atom is 0.227 e. The molecular weight excluding hydrogens is 294 g/mol. The predicted molar refractivity (Wildman–Crippen MR) is 88.1 cm³/mol. The number of piperidine rings is 1. The Bertz CT molecular complexity index is 636. The predicted octanol–water partition coefficient (Wildman–Crippen LogP) is 3.41. The number of likely N-dealkylation sites (tertiary alicyclic amines) is 1. The highest BCUT2D eigenvalue weighted by Gasteiger charge is 2.28. The Kier molecular flexibility index (Phi) is 4.68. The SMILES string of the molecule is O=C(c1ccccc1)[C@@H]1CCCN(C(=O)Cc2ccsc2)C1. The number of nitrogens with zero attached hydrogens (tertiary/aromatic N) is 1. The summed E-state index contributed by atoms with van der Waals surface area (Å²) >= 11 is 1.61. The van der Waals surface area contributed by atoms with Gasteiger partial charge in [-0.1, -0.05) is 30.3 Å². The molecule has 0 aliphatic carbocycles. The molecule has 1 fully saturated rings. The Labute approximate surface area is 134 Å². The molecule has 3 nitrogen and oxygen atoms in total. The average Bonchev–Trinajstić information content (AvgIpc) is 3.08. The van der Waals surface area contributed by atoms with Crippen LogP contribution in [0.4, 0.5) is 0 Å². The fourth-order valence-corrected chi connectivity index (χ4v) is 3.60. The number of carbonyl (C=O) groups is 2. The number of amides is 1. The lowest BCUT2D eigenvalue weighted by atomic mass is 9.90. The van der Waals surface area contributed by atoms with E-state index in [2.05, 4.69) is 0 Å². The zero-order chi connectivity index (χ0) is 15.4. The molecule has 22 heavy (non-hydrogen) atoms. The molecule has 1 aliphatic heterocycles. The number of thiophene rings is 1. The van der Waals surface area contributed by atoms with Gasteiger partial charge in [0.15, 0.2) is 5.78 Å². The van der Waals surface area contributed by atoms with Gasteiger partial charge in [0.2, 0.25) is 5.91 Å². The molecule has 0 radical (unpaired) electrons. The van der Waals surface area contributed by atoms with Crippen LogP contribution in [0, 0.1) is 5.92 Å². The molecule has 0 unspecified atom stereocenters. The maximum atomic E-state index is 12.5. The van der Waals surface area contributed by atoms with Gasteiger partial charge in [-0.15, -0.1) is 0 Å². The lowest BCUT2D eigenvalue weighted by Crippen LogP contribution is -2.43. The normalized spacial score (nSPS) is 18.2. The molecule has 114 valence electrons. The van der Waals surface area contributed by atoms with Crippen molar-refractivity contribution in [2.45, 2.75) is 19.3 Å². The van der Waals surface area contributed by atoms with E-state index in [-0.39, 0.29) is 17.6 Å². The van der Waals surface area contributed by atoms with E-state index in [1.54, 1.807) is 11.3 Å². The number of benzene rings is 1. The quantitative estimate of drug-likeness (QED) is 0.811. The number of Topliss-reactive ketones (excluding diaryl/α,β-unsaturated/α-hetero) is 1. The molecule has 0 bridgehead atoms. The number of ketones is 1. The third kappa shape index (κ3) is 3.45. The first-order chi connectivity index (χ1) is 10.7. The van der Waals surface area contributed by atoms with Crippen LogP contribution in [0.2, 0.25) is 0 Å². The fraction of sp³-hybridized carbons (Fsp3) is 0.333. The van der Waals surface area contributed by atoms with E-state index in [1.165, 1.54) is 0 Å². The van der Waals surface area contributed by atoms with Crippen LogP contribution < -0.4 is 0 Å². The molecule has 1 aliphatic rings. The van der Waals surface area contributed by atoms with Crippen LogP contribution in [-0.2, 0) is 11.2 Å². The second kappa shape index (κ2) is 6.88. The van der Waals surface area contributed by atoms with E-state index in [0.717, 1.165) is 30.5 Å². The molecule has 1 saturated heterocycles. The number of hydrogen-bond acceptors (Lipinski definition) is 3. The van der Waals surface area contributed by atoms with Gasteiger partial charge in [-0.05, 0) is 35.2 Å². The molecule has 1 aromatic carbocycles. The summed E-state index contributed by atoms with van der Waals surface area (Å²) in [5, 5.41) is 4.00. The largest absolute Gasteiger partial charge is 0.342 e. The second-order valence-electron chi connectivity index (χ2n) is 5.72. The highest BCUT2D eigenvalue weighted by atomic mass is 32.1. The van der Waals surface area contributed by atoms with Gasteiger partial charge in [-0.25, -0.2) is 0 Å². The summed E-state index contributed by atoms with van der Waals surface area (Å²) in [7, 11) is 0. The topological polar surface area (TPSA) is 37.4 Å². The monoisotopic (exact) mass is 313 g/mol. The zero-order valence-corrected chi connectivity index (χ0v) is 13.2. The highest BCUT2D eigenvalue weighted by molar-refractivity contribution is 7.08. The minimum absolute atomic E-state index is 0.0671. The highest BCUT2D eigenvalue weighted by Crippen LogP contribution is 2.22. The van der Waals surface area contributed by atoms with Crippen LogP contribution in [0.3, 0.4) is 0 Å². The van der Waals surface area contributed by atoms with E-state index in [1.807, 2.05) is 52.1 Å². The Morgan fingerprint density at radius 1 is 1.18 bits per heavy atom. The summed E-state index contributed by atoms with van der Waals surface area (Å²) in [6.45, 7) is 1.32. The van der Waals surface area contributed by atoms with Crippen LogP contribution in [0.5, 0.6) is 0 Å². The average molecular weight is 313 g/mol. The lowest BCUT2D eigenvalue weighted by Gasteiger charge is -2.32. The molecule has 0 saturated carbocycles. The summed E-state index contributed by atoms with van der Waals surface area (Å²) in [5.74, 6) is 0.222. The van der Waals surface area contributed by atoms with Gasteiger partial charge in [0, 0.05) is 24.6 Å². The summed E-state index contributed by atoms with van der Waals surface area (Å²) in [6.07, 6.45) is 2.21. The van der Waals surface area contributed by atoms with Crippen molar-refractivity contribution in [2.24, 2.45) is 5.92 Å². The van der Waals surface area contributed by atoms with Gasteiger partial charge >= 0.3 is 0 Å². The van der Waals surface area contributed by atoms with Crippen molar-refractivity contribution in [3.63, 3.8) is 0 Å². The summed E-state index contributed by atoms with van der Waals surface area (Å²) in [6, 6.07) is 11.4. The number of rotatable bonds is 4. The molecule has 0 N–H and O–H groups in total. The molecule has 4 heteroatoms. The molecule has 2 heterocycles. The fourth-order valence-electron chi connectivity index (χ4n) is 2.94. The van der Waals surface area contributed by atoms with Crippen LogP contribution in [0.25, 0.3) is 0 Å². The zero-order valence-electron chi connectivity index (χ0n) is 12.4. The van der Waals surface area contributed by atoms with Crippen molar-refractivity contribution < 1.29 is 9.59 Å². The minimum Gasteiger partial charge on any atom is -0.342 e. The van der Waals surface area contributed by atoms with E-state index >= 15 is 0 Å². The van der Waals surface area contributed by atoms with Crippen LogP contribution in [-0.4, -0.2) is 29.7 Å². The van der Waals surface area contributed by atoms with E-state index < -0.39 is 0 Å². The number of carbonyl (C=O) groups excluding carboxylic acids is 2. The van der Waals surface area contributed by atoms with Gasteiger partial charge in [0.05, 0.1) is 6.42 Å². The van der Waals surface area contributed by atoms with Crippen molar-refractivity contribution in [2.75, 3.05) is 13.1 Å². The minimum atomic E-state index is -0.0671. The van der Waals surface area contributed by atoms with E-state index in [0.29, 0.717) is 13.0 Å². The maximum absolute atomic E-state index is 12.5. The lowest BCUT2D eigenvalue weighted by molar-refractivity contribution is -0.131. The third-order valence-electron chi connectivity index (χ3n) is 4.14. The summed E-state index contributed by atoms with van der Waals surface area (Å²) in [4.78, 5) is 26.8. The van der Waals surface area contributed by atoms with E-state index in [4.69, 9.17) is 0 Å². The van der Waals surface area contributed by atoms with Crippen LogP contribution in [0.15, 0.2) is 47.2 Å². The molecule has 1 amide bonds. The molecule has 2 aromatic rings. The first kappa shape index (κ1) is 15.0. The summed E-state index contributed by atoms with van der Waals surface area (Å²) < 4.78 is 0. The smallest absolute Gasteiger partial charge is 0.227 e. The van der Waals surface area contributed by atoms with E-state index in [9.17, 15) is 9.59 Å². The Morgan fingerprint density at radius 2 is 2.00 bits per heavy atom. The Hall–Kier alpha value is -1.94. The van der Waals surface area contributed by atoms with Crippen molar-refractivity contribution in [3.05, 3.63) is 58.3 Å². The van der Waals surface area contributed by atoms with Crippen LogP contribution in [0.1, 0.15) is 28.8 Å². The Balaban J connectivity index is 1.64. The van der Waals surface area contributed by atoms with Crippen molar-refractivity contribution >= 4 is 23.0 Å². The van der Waals surface area contributed by atoms with Crippen LogP contribution >= 0.6 is 11.3 Å². The Morgan fingerprint density at radius 3 is 2.73 bits per heavy atom. The van der Waals surface area contributed by atoms with Gasteiger partial charge in [-0.3, -0.25) is 9.59 Å². The first-order valence-electron chi connectivity index (χ1n) is 7.62. The second-order valence-corrected chi connectivity index (χ2v) is 6.50. The summed E-state index contributed by atoms with van der Waals surface area (Å²) in [5.41, 5.74) is 1.81. The molecule has 1 atom stereocenters. The van der Waals surface area contributed by atoms with Gasteiger partial charge in [0.1, 0.15) is 0 Å². The van der Waals surface area contributed by atoms with Gasteiger partial charge < -0.3 is 4.90 Å². The van der Waals surface area contributed by atoms with Gasteiger partial charge in [-0.2, -0.15) is 11.3 Å². The van der Waals surface area contributed by atoms with Crippen molar-refractivity contribution in [3.8, 4) is 0 Å². The molecule has 0 spiro atoms. The molecule has 3 rings (SSSR count). The standard InChI is InChI=1S/C18H19NO2S/c20-17(11-14-8-10-22-13-14)19-9-4-7-16(12-19)18(21)15-5-2-1-3-6-15/h1-3,5-6,8,10,13,16H,4,7,9,11-12H2/t16-/m1/s1. The van der Waals surface area contributed by atoms with Crippen molar-refractivity contribution in [1.29, 1.82) is 0 Å². The molecule has 1 aromatic heterocycles. The molecular formula is C18H19NO2S. The third-order valence-corrected chi connectivity index (χ3v) is 4.87. The number of hydrogen-bond donors (Lipinski definition) is 0.